The van der Waals surface area contributed by atoms with Crippen molar-refractivity contribution in [3.8, 4) is 11.4 Å². The predicted octanol–water partition coefficient (Wildman–Crippen LogP) is 3.43. The lowest BCUT2D eigenvalue weighted by Gasteiger charge is -2.34. The highest BCUT2D eigenvalue weighted by Gasteiger charge is 2.35. The van der Waals surface area contributed by atoms with Gasteiger partial charge in [-0.2, -0.15) is 4.39 Å². The van der Waals surface area contributed by atoms with E-state index < -0.39 is 11.5 Å². The van der Waals surface area contributed by atoms with Gasteiger partial charge < -0.3 is 16.8 Å². The number of fused-ring (bicyclic) bond motifs is 1. The second kappa shape index (κ2) is 7.92. The fraction of sp³-hybridized carbons (Fsp3) is 0.304. The van der Waals surface area contributed by atoms with Crippen LogP contribution in [0.3, 0.4) is 0 Å². The number of pyridine rings is 2. The van der Waals surface area contributed by atoms with Crippen LogP contribution in [0.4, 0.5) is 15.8 Å². The molecule has 1 fully saturated rings. The molecule has 9 heteroatoms. The van der Waals surface area contributed by atoms with Crippen LogP contribution in [0.5, 0.6) is 0 Å². The van der Waals surface area contributed by atoms with E-state index >= 15 is 0 Å². The van der Waals surface area contributed by atoms with Gasteiger partial charge in [-0.25, -0.2) is 19.9 Å². The lowest BCUT2D eigenvalue weighted by molar-refractivity contribution is 0.264. The number of imidazole rings is 1. The summed E-state index contributed by atoms with van der Waals surface area (Å²) >= 11 is 0. The molecule has 1 aliphatic carbocycles. The van der Waals surface area contributed by atoms with Crippen molar-refractivity contribution < 1.29 is 4.39 Å². The molecule has 0 amide bonds. The van der Waals surface area contributed by atoms with E-state index in [0.717, 1.165) is 54.0 Å². The van der Waals surface area contributed by atoms with Crippen LogP contribution < -0.4 is 16.8 Å². The van der Waals surface area contributed by atoms with Gasteiger partial charge in [-0.1, -0.05) is 0 Å². The van der Waals surface area contributed by atoms with E-state index in [2.05, 4.69) is 20.3 Å². The number of aromatic nitrogens is 5. The maximum atomic E-state index is 13.1. The predicted molar refractivity (Wildman–Crippen MR) is 121 cm³/mol. The first kappa shape index (κ1) is 20.5. The first-order chi connectivity index (χ1) is 15.4. The summed E-state index contributed by atoms with van der Waals surface area (Å²) in [6, 6.07) is 6.97. The Hall–Kier alpha value is -3.43. The van der Waals surface area contributed by atoms with E-state index in [4.69, 9.17) is 16.5 Å². The van der Waals surface area contributed by atoms with Crippen LogP contribution in [0.15, 0.2) is 49.1 Å². The van der Waals surface area contributed by atoms with Crippen LogP contribution >= 0.6 is 0 Å². The number of nitrogens with one attached hydrogen (secondary N) is 1. The summed E-state index contributed by atoms with van der Waals surface area (Å²) in [6.07, 6.45) is 10.3. The summed E-state index contributed by atoms with van der Waals surface area (Å²) < 4.78 is 15.1. The van der Waals surface area contributed by atoms with E-state index in [9.17, 15) is 4.39 Å². The van der Waals surface area contributed by atoms with Crippen molar-refractivity contribution in [1.82, 2.24) is 24.3 Å². The first-order valence-electron chi connectivity index (χ1n) is 10.7. The zero-order chi connectivity index (χ0) is 22.3. The Morgan fingerprint density at radius 3 is 2.56 bits per heavy atom. The zero-order valence-corrected chi connectivity index (χ0v) is 17.8. The molecule has 1 saturated carbocycles. The molecule has 164 valence electrons. The zero-order valence-electron chi connectivity index (χ0n) is 17.8. The van der Waals surface area contributed by atoms with Gasteiger partial charge in [0.25, 0.3) is 0 Å². The third-order valence-corrected chi connectivity index (χ3v) is 6.10. The minimum absolute atomic E-state index is 0.192. The standard InChI is InChI=1S/C23H25FN8/c1-14-10-29-22(23(26)8-6-15(25)7-9-23)31-21(14)18-12-28-20-5-3-17(13-32(18)20)30-16-2-4-19(24)27-11-16/h2-5,10-13,15,30H,6-9,25-26H2,1H3. The van der Waals surface area contributed by atoms with Gasteiger partial charge in [0, 0.05) is 18.4 Å². The summed E-state index contributed by atoms with van der Waals surface area (Å²) in [5.74, 6) is 0.127. The number of aryl methyl sites for hydroxylation is 1. The fourth-order valence-electron chi connectivity index (χ4n) is 4.17. The molecule has 5 rings (SSSR count). The maximum Gasteiger partial charge on any atom is 0.212 e. The third-order valence-electron chi connectivity index (χ3n) is 6.10. The summed E-state index contributed by atoms with van der Waals surface area (Å²) in [5, 5.41) is 3.24. The number of halogens is 1. The van der Waals surface area contributed by atoms with Crippen molar-refractivity contribution in [2.75, 3.05) is 5.32 Å². The molecule has 0 aromatic carbocycles. The third kappa shape index (κ3) is 3.80. The number of nitrogens with two attached hydrogens (primary N) is 2. The minimum atomic E-state index is -0.568. The smallest absolute Gasteiger partial charge is 0.212 e. The largest absolute Gasteiger partial charge is 0.353 e. The second-order valence-electron chi connectivity index (χ2n) is 8.50. The highest BCUT2D eigenvalue weighted by molar-refractivity contribution is 5.66. The number of hydrogen-bond acceptors (Lipinski definition) is 7. The molecular formula is C23H25FN8. The van der Waals surface area contributed by atoms with Gasteiger partial charge in [0.05, 0.1) is 40.7 Å². The van der Waals surface area contributed by atoms with Crippen LogP contribution in [0.2, 0.25) is 0 Å². The van der Waals surface area contributed by atoms with E-state index in [1.54, 1.807) is 12.3 Å². The highest BCUT2D eigenvalue weighted by atomic mass is 19.1. The molecule has 0 radical (unpaired) electrons. The van der Waals surface area contributed by atoms with Crippen LogP contribution in [0, 0.1) is 12.9 Å². The molecule has 8 nitrogen and oxygen atoms in total. The lowest BCUT2D eigenvalue weighted by atomic mass is 9.79. The summed E-state index contributed by atoms with van der Waals surface area (Å²) in [6.45, 7) is 1.98. The number of rotatable bonds is 4. The molecule has 1 aliphatic rings. The molecule has 0 bridgehead atoms. The molecular weight excluding hydrogens is 407 g/mol. The molecule has 0 atom stereocenters. The van der Waals surface area contributed by atoms with Gasteiger partial charge in [0.15, 0.2) is 0 Å². The Kier molecular flexibility index (Phi) is 5.07. The minimum Gasteiger partial charge on any atom is -0.353 e. The van der Waals surface area contributed by atoms with Gasteiger partial charge >= 0.3 is 0 Å². The average molecular weight is 433 g/mol. The molecule has 4 heterocycles. The maximum absolute atomic E-state index is 13.1. The van der Waals surface area contributed by atoms with Gasteiger partial charge in [-0.3, -0.25) is 4.40 Å². The Balaban J connectivity index is 1.52. The molecule has 0 unspecified atom stereocenters. The van der Waals surface area contributed by atoms with Crippen LogP contribution in [-0.2, 0) is 5.54 Å². The second-order valence-corrected chi connectivity index (χ2v) is 8.50. The number of anilines is 2. The van der Waals surface area contributed by atoms with Crippen molar-refractivity contribution in [3.05, 3.63) is 66.4 Å². The lowest BCUT2D eigenvalue weighted by Crippen LogP contribution is -2.45. The van der Waals surface area contributed by atoms with Crippen molar-refractivity contribution in [3.63, 3.8) is 0 Å². The fourth-order valence-corrected chi connectivity index (χ4v) is 4.17. The topological polar surface area (TPSA) is 120 Å². The molecule has 4 aromatic rings. The van der Waals surface area contributed by atoms with Crippen molar-refractivity contribution in [2.24, 2.45) is 11.5 Å². The SMILES string of the molecule is Cc1cnc(C2(N)CCC(N)CC2)nc1-c1cnc2ccc(Nc3ccc(F)nc3)cn12. The van der Waals surface area contributed by atoms with Crippen molar-refractivity contribution in [2.45, 2.75) is 44.2 Å². The van der Waals surface area contributed by atoms with Crippen LogP contribution in [0.1, 0.15) is 37.1 Å². The molecule has 32 heavy (non-hydrogen) atoms. The molecule has 0 saturated heterocycles. The number of nitrogens with zero attached hydrogens (tertiary/aromatic N) is 5. The Labute approximate surface area is 184 Å². The van der Waals surface area contributed by atoms with Crippen LogP contribution in [-0.4, -0.2) is 30.4 Å². The van der Waals surface area contributed by atoms with E-state index in [0.29, 0.717) is 11.5 Å². The van der Waals surface area contributed by atoms with E-state index in [1.807, 2.05) is 35.9 Å². The van der Waals surface area contributed by atoms with Crippen molar-refractivity contribution >= 4 is 17.0 Å². The average Bonchev–Trinajstić information content (AvgIpc) is 3.21. The molecule has 5 N–H and O–H groups in total. The molecule has 0 aliphatic heterocycles. The Bertz CT molecular complexity index is 1260. The first-order valence-corrected chi connectivity index (χ1v) is 10.7. The van der Waals surface area contributed by atoms with Crippen LogP contribution in [0.25, 0.3) is 17.0 Å². The summed E-state index contributed by atoms with van der Waals surface area (Å²) in [4.78, 5) is 17.7. The number of hydrogen-bond donors (Lipinski definition) is 3. The Morgan fingerprint density at radius 1 is 1.03 bits per heavy atom. The normalized spacial score (nSPS) is 21.1. The van der Waals surface area contributed by atoms with E-state index in [-0.39, 0.29) is 6.04 Å². The highest BCUT2D eigenvalue weighted by Crippen LogP contribution is 2.34. The quantitative estimate of drug-likeness (QED) is 0.423. The van der Waals surface area contributed by atoms with Gasteiger partial charge in [0.1, 0.15) is 11.5 Å². The molecule has 0 spiro atoms. The van der Waals surface area contributed by atoms with Crippen molar-refractivity contribution in [1.29, 1.82) is 0 Å². The molecule has 4 aromatic heterocycles. The monoisotopic (exact) mass is 432 g/mol. The Morgan fingerprint density at radius 2 is 1.81 bits per heavy atom. The van der Waals surface area contributed by atoms with Gasteiger partial charge in [-0.05, 0) is 62.4 Å². The summed E-state index contributed by atoms with van der Waals surface area (Å²) in [7, 11) is 0. The van der Waals surface area contributed by atoms with Gasteiger partial charge in [0.2, 0.25) is 5.95 Å². The summed E-state index contributed by atoms with van der Waals surface area (Å²) in [5.41, 5.74) is 17.1. The van der Waals surface area contributed by atoms with Gasteiger partial charge in [-0.15, -0.1) is 0 Å². The van der Waals surface area contributed by atoms with E-state index in [1.165, 1.54) is 12.3 Å².